The number of hydrogen-bond donors (Lipinski definition) is 1. The molecule has 62 valence electrons. The first-order valence-electron chi connectivity index (χ1n) is 3.83. The minimum atomic E-state index is -0.185. The Bertz CT molecular complexity index is 196. The average Bonchev–Trinajstić information content (AvgIpc) is 2.36. The van der Waals surface area contributed by atoms with E-state index in [0.717, 1.165) is 29.7 Å². The van der Waals surface area contributed by atoms with E-state index in [9.17, 15) is 4.79 Å². The second-order valence-electron chi connectivity index (χ2n) is 2.50. The Morgan fingerprint density at radius 3 is 2.82 bits per heavy atom. The van der Waals surface area contributed by atoms with Crippen LogP contribution in [0.15, 0.2) is 10.5 Å². The van der Waals surface area contributed by atoms with Crippen molar-refractivity contribution < 1.29 is 9.53 Å². The molecule has 0 heterocycles. The van der Waals surface area contributed by atoms with Crippen LogP contribution in [0.2, 0.25) is 0 Å². The van der Waals surface area contributed by atoms with E-state index in [-0.39, 0.29) is 5.97 Å². The van der Waals surface area contributed by atoms with Crippen molar-refractivity contribution in [1.29, 1.82) is 0 Å². The highest BCUT2D eigenvalue weighted by molar-refractivity contribution is 7.84. The largest absolute Gasteiger partial charge is 0.463 e. The number of ether oxygens (including phenoxy) is 1. The fourth-order valence-electron chi connectivity index (χ4n) is 1.17. The summed E-state index contributed by atoms with van der Waals surface area (Å²) >= 11 is 4.20. The lowest BCUT2D eigenvalue weighted by Crippen LogP contribution is -2.06. The maximum atomic E-state index is 11.1. The maximum absolute atomic E-state index is 11.1. The summed E-state index contributed by atoms with van der Waals surface area (Å²) in [6.07, 6.45) is 2.79. The standard InChI is InChI=1S/C8H12O2S/c1-2-10-8(9)6-4-3-5-7(6)11/h11H,2-5H2,1H3. The summed E-state index contributed by atoms with van der Waals surface area (Å²) in [4.78, 5) is 12.0. The predicted molar refractivity (Wildman–Crippen MR) is 46.5 cm³/mol. The van der Waals surface area contributed by atoms with Crippen molar-refractivity contribution in [2.45, 2.75) is 26.2 Å². The fourth-order valence-corrected chi connectivity index (χ4v) is 1.53. The van der Waals surface area contributed by atoms with Crippen molar-refractivity contribution in [3.63, 3.8) is 0 Å². The molecule has 0 aromatic rings. The van der Waals surface area contributed by atoms with Crippen LogP contribution < -0.4 is 0 Å². The lowest BCUT2D eigenvalue weighted by Gasteiger charge is -2.01. The molecule has 0 saturated heterocycles. The summed E-state index contributed by atoms with van der Waals surface area (Å²) in [6, 6.07) is 0. The summed E-state index contributed by atoms with van der Waals surface area (Å²) in [5.74, 6) is -0.185. The number of rotatable bonds is 2. The van der Waals surface area contributed by atoms with E-state index < -0.39 is 0 Å². The van der Waals surface area contributed by atoms with Gasteiger partial charge in [0.15, 0.2) is 0 Å². The first kappa shape index (κ1) is 8.65. The van der Waals surface area contributed by atoms with Gasteiger partial charge in [-0.25, -0.2) is 4.79 Å². The smallest absolute Gasteiger partial charge is 0.334 e. The Morgan fingerprint density at radius 2 is 2.36 bits per heavy atom. The zero-order chi connectivity index (χ0) is 8.27. The number of carbonyl (C=O) groups is 1. The molecule has 0 spiro atoms. The lowest BCUT2D eigenvalue weighted by atomic mass is 10.2. The Labute approximate surface area is 72.0 Å². The number of thiol groups is 1. The van der Waals surface area contributed by atoms with Gasteiger partial charge in [-0.2, -0.15) is 0 Å². The van der Waals surface area contributed by atoms with Crippen molar-refractivity contribution >= 4 is 18.6 Å². The number of hydrogen-bond acceptors (Lipinski definition) is 3. The topological polar surface area (TPSA) is 26.3 Å². The molecule has 0 aromatic heterocycles. The van der Waals surface area contributed by atoms with Gasteiger partial charge in [0.1, 0.15) is 0 Å². The van der Waals surface area contributed by atoms with E-state index in [0.29, 0.717) is 6.61 Å². The zero-order valence-electron chi connectivity index (χ0n) is 6.59. The molecule has 1 rings (SSSR count). The van der Waals surface area contributed by atoms with Crippen molar-refractivity contribution in [1.82, 2.24) is 0 Å². The van der Waals surface area contributed by atoms with E-state index in [1.165, 1.54) is 0 Å². The summed E-state index contributed by atoms with van der Waals surface area (Å²) in [5, 5.41) is 0. The third-order valence-electron chi connectivity index (χ3n) is 1.71. The van der Waals surface area contributed by atoms with Crippen molar-refractivity contribution in [2.24, 2.45) is 0 Å². The van der Waals surface area contributed by atoms with Gasteiger partial charge in [-0.1, -0.05) is 0 Å². The Kier molecular flexibility index (Phi) is 3.00. The fraction of sp³-hybridized carbons (Fsp3) is 0.625. The van der Waals surface area contributed by atoms with Gasteiger partial charge in [0.25, 0.3) is 0 Å². The van der Waals surface area contributed by atoms with Crippen LogP contribution in [-0.2, 0) is 9.53 Å². The first-order valence-corrected chi connectivity index (χ1v) is 4.28. The Morgan fingerprint density at radius 1 is 1.64 bits per heavy atom. The average molecular weight is 172 g/mol. The van der Waals surface area contributed by atoms with Gasteiger partial charge in [0, 0.05) is 5.57 Å². The highest BCUT2D eigenvalue weighted by Gasteiger charge is 2.19. The molecule has 2 nitrogen and oxygen atoms in total. The van der Waals surface area contributed by atoms with E-state index >= 15 is 0 Å². The predicted octanol–water partition coefficient (Wildman–Crippen LogP) is 1.92. The van der Waals surface area contributed by atoms with Crippen LogP contribution in [0.5, 0.6) is 0 Å². The molecule has 0 saturated carbocycles. The van der Waals surface area contributed by atoms with Crippen molar-refractivity contribution in [2.75, 3.05) is 6.61 Å². The molecule has 0 aliphatic heterocycles. The minimum Gasteiger partial charge on any atom is -0.463 e. The van der Waals surface area contributed by atoms with Gasteiger partial charge >= 0.3 is 5.97 Å². The minimum absolute atomic E-state index is 0.185. The van der Waals surface area contributed by atoms with Gasteiger partial charge in [0.05, 0.1) is 6.61 Å². The molecule has 0 aromatic carbocycles. The summed E-state index contributed by atoms with van der Waals surface area (Å²) in [7, 11) is 0. The van der Waals surface area contributed by atoms with Crippen LogP contribution in [0.3, 0.4) is 0 Å². The third kappa shape index (κ3) is 1.99. The summed E-state index contributed by atoms with van der Waals surface area (Å²) < 4.78 is 4.85. The van der Waals surface area contributed by atoms with Crippen molar-refractivity contribution in [3.8, 4) is 0 Å². The van der Waals surface area contributed by atoms with E-state index in [1.807, 2.05) is 6.92 Å². The van der Waals surface area contributed by atoms with Crippen LogP contribution in [0.4, 0.5) is 0 Å². The van der Waals surface area contributed by atoms with Gasteiger partial charge in [-0.15, -0.1) is 12.6 Å². The summed E-state index contributed by atoms with van der Waals surface area (Å²) in [6.45, 7) is 2.26. The molecule has 1 aliphatic rings. The van der Waals surface area contributed by atoms with Crippen LogP contribution in [0.1, 0.15) is 26.2 Å². The van der Waals surface area contributed by atoms with Crippen LogP contribution in [-0.4, -0.2) is 12.6 Å². The monoisotopic (exact) mass is 172 g/mol. The lowest BCUT2D eigenvalue weighted by molar-refractivity contribution is -0.138. The first-order chi connectivity index (χ1) is 5.25. The van der Waals surface area contributed by atoms with Crippen molar-refractivity contribution in [3.05, 3.63) is 10.5 Å². The molecule has 11 heavy (non-hydrogen) atoms. The quantitative estimate of drug-likeness (QED) is 0.508. The van der Waals surface area contributed by atoms with Gasteiger partial charge in [0.2, 0.25) is 0 Å². The molecule has 3 heteroatoms. The molecular formula is C8H12O2S. The van der Waals surface area contributed by atoms with Gasteiger partial charge in [-0.05, 0) is 31.1 Å². The molecule has 0 N–H and O–H groups in total. The van der Waals surface area contributed by atoms with E-state index in [1.54, 1.807) is 0 Å². The molecular weight excluding hydrogens is 160 g/mol. The molecule has 0 atom stereocenters. The molecule has 0 bridgehead atoms. The Hall–Kier alpha value is -0.440. The molecule has 1 aliphatic carbocycles. The van der Waals surface area contributed by atoms with E-state index in [2.05, 4.69) is 12.6 Å². The normalized spacial score (nSPS) is 17.3. The van der Waals surface area contributed by atoms with Crippen LogP contribution >= 0.6 is 12.6 Å². The highest BCUT2D eigenvalue weighted by atomic mass is 32.1. The van der Waals surface area contributed by atoms with Gasteiger partial charge in [-0.3, -0.25) is 0 Å². The van der Waals surface area contributed by atoms with Crippen LogP contribution in [0.25, 0.3) is 0 Å². The molecule has 0 radical (unpaired) electrons. The SMILES string of the molecule is CCOC(=O)C1=C(S)CCC1. The second-order valence-corrected chi connectivity index (χ2v) is 3.04. The number of esters is 1. The molecule has 0 amide bonds. The van der Waals surface area contributed by atoms with Crippen LogP contribution in [0, 0.1) is 0 Å². The number of carbonyl (C=O) groups excluding carboxylic acids is 1. The molecule has 0 fully saturated rings. The van der Waals surface area contributed by atoms with E-state index in [4.69, 9.17) is 4.74 Å². The summed E-state index contributed by atoms with van der Waals surface area (Å²) in [5.41, 5.74) is 0.773. The zero-order valence-corrected chi connectivity index (χ0v) is 7.49. The third-order valence-corrected chi connectivity index (χ3v) is 2.20. The maximum Gasteiger partial charge on any atom is 0.334 e. The number of allylic oxidation sites excluding steroid dienone is 1. The second kappa shape index (κ2) is 3.81. The van der Waals surface area contributed by atoms with Gasteiger partial charge < -0.3 is 4.74 Å². The Balaban J connectivity index is 2.59. The molecule has 0 unspecified atom stereocenters. The highest BCUT2D eigenvalue weighted by Crippen LogP contribution is 2.28.